The van der Waals surface area contributed by atoms with Crippen LogP contribution in [0.1, 0.15) is 46.0 Å². The highest BCUT2D eigenvalue weighted by Crippen LogP contribution is 2.37. The summed E-state index contributed by atoms with van der Waals surface area (Å²) in [4.78, 5) is 62.5. The van der Waals surface area contributed by atoms with E-state index in [-0.39, 0.29) is 43.0 Å². The molecule has 0 saturated carbocycles. The zero-order chi connectivity index (χ0) is 38.5. The molecule has 3 aromatic carbocycles. The van der Waals surface area contributed by atoms with Gasteiger partial charge in [0.2, 0.25) is 11.8 Å². The summed E-state index contributed by atoms with van der Waals surface area (Å²) in [7, 11) is 0. The van der Waals surface area contributed by atoms with E-state index in [1.165, 1.54) is 6.33 Å². The molecular formula is C40H35FN10O5. The highest BCUT2D eigenvalue weighted by Gasteiger charge is 2.45. The van der Waals surface area contributed by atoms with Gasteiger partial charge in [-0.2, -0.15) is 5.10 Å². The summed E-state index contributed by atoms with van der Waals surface area (Å²) < 4.78 is 24.0. The van der Waals surface area contributed by atoms with Crippen molar-refractivity contribution in [1.29, 1.82) is 0 Å². The van der Waals surface area contributed by atoms with Crippen molar-refractivity contribution in [2.24, 2.45) is 0 Å². The average molecular weight is 755 g/mol. The molecule has 6 heterocycles. The van der Waals surface area contributed by atoms with Crippen molar-refractivity contribution in [3.63, 3.8) is 0 Å². The summed E-state index contributed by atoms with van der Waals surface area (Å²) in [5, 5.41) is 11.5. The summed E-state index contributed by atoms with van der Waals surface area (Å²) in [5.74, 6) is -0.653. The lowest BCUT2D eigenvalue weighted by atomic mass is 10.0. The monoisotopic (exact) mass is 754 g/mol. The summed E-state index contributed by atoms with van der Waals surface area (Å²) in [6.07, 6.45) is 7.91. The Labute approximate surface area is 319 Å². The van der Waals surface area contributed by atoms with Gasteiger partial charge in [-0.1, -0.05) is 18.2 Å². The lowest BCUT2D eigenvalue weighted by Gasteiger charge is -2.42. The molecule has 3 unspecified atom stereocenters. The van der Waals surface area contributed by atoms with Crippen molar-refractivity contribution in [1.82, 2.24) is 40.0 Å². The van der Waals surface area contributed by atoms with E-state index in [9.17, 15) is 19.2 Å². The van der Waals surface area contributed by atoms with E-state index in [1.807, 2.05) is 94.1 Å². The number of ether oxygens (including phenoxy) is 1. The number of para-hydroxylation sites is 1. The Balaban J connectivity index is 0.913. The molecule has 2 fully saturated rings. The maximum absolute atomic E-state index is 16.4. The number of allylic oxidation sites excluding steroid dienone is 2. The second kappa shape index (κ2) is 14.0. The predicted molar refractivity (Wildman–Crippen MR) is 202 cm³/mol. The van der Waals surface area contributed by atoms with Crippen LogP contribution in [-0.4, -0.2) is 90.3 Å². The van der Waals surface area contributed by atoms with Crippen molar-refractivity contribution in [3.05, 3.63) is 115 Å². The maximum Gasteiger partial charge on any atom is 0.262 e. The van der Waals surface area contributed by atoms with E-state index in [1.54, 1.807) is 22.9 Å². The van der Waals surface area contributed by atoms with Gasteiger partial charge in [0.1, 0.15) is 48.2 Å². The second-order valence-corrected chi connectivity index (χ2v) is 13.9. The zero-order valence-corrected chi connectivity index (χ0v) is 29.9. The number of hydrogen-bond donors (Lipinski definition) is 2. The first-order valence-corrected chi connectivity index (χ1v) is 18.2. The zero-order valence-electron chi connectivity index (χ0n) is 29.9. The van der Waals surface area contributed by atoms with E-state index in [0.717, 1.165) is 10.5 Å². The van der Waals surface area contributed by atoms with E-state index < -0.39 is 41.9 Å². The van der Waals surface area contributed by atoms with Gasteiger partial charge < -0.3 is 15.4 Å². The molecule has 56 heavy (non-hydrogen) atoms. The van der Waals surface area contributed by atoms with Crippen molar-refractivity contribution < 1.29 is 28.3 Å². The van der Waals surface area contributed by atoms with Crippen LogP contribution in [0.3, 0.4) is 0 Å². The van der Waals surface area contributed by atoms with E-state index in [2.05, 4.69) is 15.3 Å². The molecule has 0 spiro atoms. The third kappa shape index (κ3) is 6.18. The molecule has 282 valence electrons. The largest absolute Gasteiger partial charge is 0.457 e. The topological polar surface area (TPSA) is 172 Å². The Morgan fingerprint density at radius 3 is 2.41 bits per heavy atom. The molecule has 0 aliphatic carbocycles. The van der Waals surface area contributed by atoms with Gasteiger partial charge >= 0.3 is 0 Å². The van der Waals surface area contributed by atoms with Crippen molar-refractivity contribution >= 4 is 46.2 Å². The molecule has 5 aromatic rings. The van der Waals surface area contributed by atoms with Crippen LogP contribution in [0, 0.1) is 0 Å². The molecule has 3 atom stereocenters. The number of piperidine rings is 2. The highest BCUT2D eigenvalue weighted by molar-refractivity contribution is 6.23. The van der Waals surface area contributed by atoms with Crippen LogP contribution in [0.25, 0.3) is 22.3 Å². The van der Waals surface area contributed by atoms with Gasteiger partial charge in [0, 0.05) is 36.6 Å². The van der Waals surface area contributed by atoms with Gasteiger partial charge in [-0.05, 0) is 79.6 Å². The molecule has 4 aliphatic rings. The second-order valence-electron chi connectivity index (χ2n) is 13.9. The van der Waals surface area contributed by atoms with Gasteiger partial charge in [-0.15, -0.1) is 0 Å². The number of hydrazine groups is 1. The standard InChI is InChI=1S/C40H35FN10O5/c41-30-21-48(49-18-5-4-17-47(23-49)25-10-13-28-29(20-25)40(55)50(39(28)54)32-14-15-33(52)45-38(32)53)19-16-31(30)51-37-34(36(42)43-22-44-37)35(46-51)24-8-11-27(12-9-24)56-26-6-2-1-3-7-26/h1-13,17-18,20,22,30-32H,14-16,19,21,23H2,(H2,42,43,44)(H,45,52,53). The molecule has 4 amide bonds. The number of imide groups is 2. The minimum atomic E-state index is -1.34. The van der Waals surface area contributed by atoms with Gasteiger partial charge in [0.25, 0.3) is 11.8 Å². The first-order chi connectivity index (χ1) is 27.2. The molecule has 15 nitrogen and oxygen atoms in total. The number of anilines is 2. The third-order valence-corrected chi connectivity index (χ3v) is 10.5. The highest BCUT2D eigenvalue weighted by atomic mass is 19.1. The van der Waals surface area contributed by atoms with Crippen LogP contribution in [0.2, 0.25) is 0 Å². The third-order valence-electron chi connectivity index (χ3n) is 10.5. The van der Waals surface area contributed by atoms with Crippen LogP contribution in [0.15, 0.2) is 104 Å². The lowest BCUT2D eigenvalue weighted by Crippen LogP contribution is -2.54. The molecular weight excluding hydrogens is 720 g/mol. The summed E-state index contributed by atoms with van der Waals surface area (Å²) in [6.45, 7) is 0.832. The Kier molecular flexibility index (Phi) is 8.73. The smallest absolute Gasteiger partial charge is 0.262 e. The number of nitrogens with zero attached hydrogens (tertiary/aromatic N) is 8. The van der Waals surface area contributed by atoms with Crippen LogP contribution in [0.4, 0.5) is 15.9 Å². The average Bonchev–Trinajstić information content (AvgIpc) is 3.57. The number of halogens is 1. The van der Waals surface area contributed by atoms with Crippen LogP contribution < -0.4 is 20.7 Å². The SMILES string of the molecule is Nc1ncnc2c1c(-c1ccc(Oc3ccccc3)cc1)nn2C1CCN(N2C=CC=CN(c3ccc4c(c3)C(=O)N(C3CCC(=O)NC3=O)C4=O)C2)CC1F. The number of carbonyl (C=O) groups is 4. The Bertz CT molecular complexity index is 2450. The fourth-order valence-electron chi connectivity index (χ4n) is 7.66. The van der Waals surface area contributed by atoms with Crippen LogP contribution in [-0.2, 0) is 9.59 Å². The number of amides is 4. The van der Waals surface area contributed by atoms with Gasteiger partial charge in [-0.25, -0.2) is 24.0 Å². The summed E-state index contributed by atoms with van der Waals surface area (Å²) >= 11 is 0. The quantitative estimate of drug-likeness (QED) is 0.222. The number of nitrogens with two attached hydrogens (primary N) is 1. The number of rotatable bonds is 7. The van der Waals surface area contributed by atoms with E-state index >= 15 is 4.39 Å². The normalized spacial score (nSPS) is 21.4. The minimum absolute atomic E-state index is 0.0382. The molecule has 3 N–H and O–H groups in total. The van der Waals surface area contributed by atoms with Crippen LogP contribution >= 0.6 is 0 Å². The van der Waals surface area contributed by atoms with Crippen molar-refractivity contribution in [2.45, 2.75) is 37.5 Å². The molecule has 9 rings (SSSR count). The number of hydrogen-bond acceptors (Lipinski definition) is 12. The molecule has 16 heteroatoms. The molecule has 4 aliphatic heterocycles. The van der Waals surface area contributed by atoms with Gasteiger partial charge in [-0.3, -0.25) is 34.4 Å². The number of nitrogens with one attached hydrogen (secondary N) is 1. The number of fused-ring (bicyclic) bond motifs is 2. The summed E-state index contributed by atoms with van der Waals surface area (Å²) in [5.41, 5.74) is 9.11. The molecule has 0 radical (unpaired) electrons. The van der Waals surface area contributed by atoms with E-state index in [0.29, 0.717) is 46.9 Å². The minimum Gasteiger partial charge on any atom is -0.457 e. The summed E-state index contributed by atoms with van der Waals surface area (Å²) in [6, 6.07) is 20.1. The fraction of sp³-hybridized carbons (Fsp3) is 0.225. The Morgan fingerprint density at radius 2 is 1.62 bits per heavy atom. The molecule has 2 aromatic heterocycles. The number of nitrogen functional groups attached to an aromatic ring is 1. The Hall–Kier alpha value is -6.94. The molecule has 2 saturated heterocycles. The number of carbonyl (C=O) groups excluding carboxylic acids is 4. The fourth-order valence-corrected chi connectivity index (χ4v) is 7.66. The maximum atomic E-state index is 16.4. The van der Waals surface area contributed by atoms with Gasteiger partial charge in [0.05, 0.1) is 29.1 Å². The predicted octanol–water partition coefficient (Wildman–Crippen LogP) is 4.58. The Morgan fingerprint density at radius 1 is 0.857 bits per heavy atom. The van der Waals surface area contributed by atoms with Gasteiger partial charge in [0.15, 0.2) is 5.65 Å². The van der Waals surface area contributed by atoms with E-state index in [4.69, 9.17) is 15.6 Å². The van der Waals surface area contributed by atoms with Crippen molar-refractivity contribution in [3.8, 4) is 22.8 Å². The first kappa shape index (κ1) is 34.8. The molecule has 0 bridgehead atoms. The lowest BCUT2D eigenvalue weighted by molar-refractivity contribution is -0.136. The number of aromatic nitrogens is 4. The van der Waals surface area contributed by atoms with Crippen LogP contribution in [0.5, 0.6) is 11.5 Å². The van der Waals surface area contributed by atoms with Crippen molar-refractivity contribution in [2.75, 3.05) is 30.4 Å². The number of alkyl halides is 1. The first-order valence-electron chi connectivity index (χ1n) is 18.2. The number of benzene rings is 3.